The van der Waals surface area contributed by atoms with Gasteiger partial charge >= 0.3 is 5.97 Å². The zero-order valence-corrected chi connectivity index (χ0v) is 30.3. The van der Waals surface area contributed by atoms with E-state index in [0.29, 0.717) is 38.6 Å². The molecule has 1 atom stereocenters. The molecule has 3 aromatic carbocycles. The van der Waals surface area contributed by atoms with Crippen LogP contribution in [0.3, 0.4) is 0 Å². The first-order chi connectivity index (χ1) is 23.5. The second kappa shape index (κ2) is 14.6. The van der Waals surface area contributed by atoms with Crippen LogP contribution in [-0.2, 0) is 35.9 Å². The van der Waals surface area contributed by atoms with E-state index in [1.54, 1.807) is 6.07 Å². The minimum Gasteiger partial charge on any atom is -0.481 e. The second-order valence-electron chi connectivity index (χ2n) is 13.7. The van der Waals surface area contributed by atoms with Gasteiger partial charge in [-0.25, -0.2) is 0 Å². The first kappa shape index (κ1) is 37.2. The van der Waals surface area contributed by atoms with Gasteiger partial charge < -0.3 is 10.0 Å². The van der Waals surface area contributed by atoms with Gasteiger partial charge in [-0.3, -0.25) is 13.9 Å². The summed E-state index contributed by atoms with van der Waals surface area (Å²) in [6, 6.07) is 22.8. The molecule has 10 nitrogen and oxygen atoms in total. The molecule has 0 aliphatic carbocycles. The van der Waals surface area contributed by atoms with Crippen LogP contribution in [0, 0.1) is 0 Å². The summed E-state index contributed by atoms with van der Waals surface area (Å²) < 4.78 is 68.5. The van der Waals surface area contributed by atoms with Crippen LogP contribution >= 0.6 is 0 Å². The van der Waals surface area contributed by atoms with E-state index in [1.165, 1.54) is 12.1 Å². The molecule has 0 saturated heterocycles. The molecule has 50 heavy (non-hydrogen) atoms. The fourth-order valence-corrected chi connectivity index (χ4v) is 8.37. The van der Waals surface area contributed by atoms with Crippen molar-refractivity contribution >= 4 is 49.0 Å². The van der Waals surface area contributed by atoms with Crippen LogP contribution in [0.1, 0.15) is 76.8 Å². The lowest BCUT2D eigenvalue weighted by Gasteiger charge is -2.30. The smallest absolute Gasteiger partial charge is 0.303 e. The topological polar surface area (TPSA) is 152 Å². The van der Waals surface area contributed by atoms with E-state index in [0.717, 1.165) is 46.0 Å². The van der Waals surface area contributed by atoms with Gasteiger partial charge in [-0.1, -0.05) is 48.9 Å². The number of para-hydroxylation sites is 2. The molecular weight excluding hydrogens is 677 g/mol. The summed E-state index contributed by atoms with van der Waals surface area (Å²) in [6.07, 6.45) is 9.72. The minimum absolute atomic E-state index is 0.0960. The van der Waals surface area contributed by atoms with Gasteiger partial charge in [0, 0.05) is 53.0 Å². The summed E-state index contributed by atoms with van der Waals surface area (Å²) in [5, 5.41) is 9.09. The van der Waals surface area contributed by atoms with Gasteiger partial charge in [0.25, 0.3) is 20.2 Å². The third-order valence-electron chi connectivity index (χ3n) is 9.83. The highest BCUT2D eigenvalue weighted by Gasteiger charge is 2.46. The maximum absolute atomic E-state index is 12.1. The highest BCUT2D eigenvalue weighted by atomic mass is 32.2. The molecular formula is C38H45N2O8S2+. The monoisotopic (exact) mass is 721 g/mol. The van der Waals surface area contributed by atoms with Crippen LogP contribution in [0.4, 0.5) is 17.1 Å². The van der Waals surface area contributed by atoms with Crippen molar-refractivity contribution in [3.8, 4) is 0 Å². The molecule has 0 fully saturated rings. The van der Waals surface area contributed by atoms with Gasteiger partial charge in [-0.2, -0.15) is 21.4 Å². The Balaban J connectivity index is 1.58. The van der Waals surface area contributed by atoms with Gasteiger partial charge in [0.15, 0.2) is 5.71 Å². The summed E-state index contributed by atoms with van der Waals surface area (Å²) in [4.78, 5) is 13.1. The van der Waals surface area contributed by atoms with E-state index in [9.17, 15) is 30.7 Å². The molecule has 3 aromatic rings. The Labute approximate surface area is 295 Å². The molecule has 0 spiro atoms. The molecule has 12 heteroatoms. The lowest BCUT2D eigenvalue weighted by molar-refractivity contribution is -0.438. The Morgan fingerprint density at radius 3 is 2.22 bits per heavy atom. The largest absolute Gasteiger partial charge is 0.481 e. The van der Waals surface area contributed by atoms with Crippen LogP contribution in [0.25, 0.3) is 0 Å². The van der Waals surface area contributed by atoms with Crippen molar-refractivity contribution in [1.82, 2.24) is 0 Å². The molecule has 1 unspecified atom stereocenters. The number of carbonyl (C=O) groups is 1. The molecule has 266 valence electrons. The Bertz CT molecular complexity index is 2070. The number of anilines is 2. The Morgan fingerprint density at radius 2 is 1.54 bits per heavy atom. The van der Waals surface area contributed by atoms with Gasteiger partial charge in [-0.15, -0.1) is 0 Å². The summed E-state index contributed by atoms with van der Waals surface area (Å²) >= 11 is 0. The van der Waals surface area contributed by atoms with Gasteiger partial charge in [-0.05, 0) is 88.4 Å². The molecule has 0 bridgehead atoms. The van der Waals surface area contributed by atoms with Gasteiger partial charge in [0.05, 0.1) is 16.1 Å². The van der Waals surface area contributed by atoms with Crippen molar-refractivity contribution < 1.29 is 40.4 Å². The predicted octanol–water partition coefficient (Wildman–Crippen LogP) is 7.56. The third-order valence-corrected chi connectivity index (χ3v) is 11.5. The lowest BCUT2D eigenvalue weighted by atomic mass is 9.77. The first-order valence-corrected chi connectivity index (χ1v) is 19.9. The second-order valence-corrected chi connectivity index (χ2v) is 16.7. The Kier molecular flexibility index (Phi) is 10.9. The number of hydrogen-bond acceptors (Lipinski definition) is 6. The zero-order chi connectivity index (χ0) is 36.3. The predicted molar refractivity (Wildman–Crippen MR) is 195 cm³/mol. The van der Waals surface area contributed by atoms with Crippen molar-refractivity contribution in [3.05, 3.63) is 108 Å². The Hall–Kier alpha value is -4.10. The number of allylic oxidation sites excluding steroid dienone is 4. The third kappa shape index (κ3) is 7.94. The van der Waals surface area contributed by atoms with Crippen LogP contribution < -0.4 is 4.90 Å². The van der Waals surface area contributed by atoms with Crippen molar-refractivity contribution in [2.75, 3.05) is 17.2 Å². The maximum atomic E-state index is 12.1. The van der Waals surface area contributed by atoms with Crippen LogP contribution in [0.15, 0.2) is 102 Å². The fraction of sp³-hybridized carbons (Fsp3) is 0.368. The summed E-state index contributed by atoms with van der Waals surface area (Å²) in [6.45, 7) is 6.77. The highest BCUT2D eigenvalue weighted by molar-refractivity contribution is 7.86. The maximum Gasteiger partial charge on any atom is 0.303 e. The SMILES string of the molecule is CC1(C)C(/C=C/C=C2/N(c3ccccc3)c3ccccc3C2(C)CCCCS(=O)(=O)O)=[N+](CCCCCC(=O)O)c2ccc(S(=O)(=O)O)cc21. The van der Waals surface area contributed by atoms with Crippen molar-refractivity contribution in [1.29, 1.82) is 0 Å². The molecule has 2 aliphatic heterocycles. The standard InChI is InChI=1S/C38H44N2O8S2/c1-37(2)31-27-29(50(46,47)48)22-23-32(31)39(25-12-5-8-21-36(41)42)34(37)19-14-20-35-38(3,24-11-13-26-49(43,44)45)30-17-9-10-18-33(30)40(35)28-15-6-4-7-16-28/h4,6-7,9-10,14-20,22-23,27H,5,8,11-13,21,24-26H2,1-3H3,(H2-,41,42,43,44,45,46,47,48)/p+1. The van der Waals surface area contributed by atoms with E-state index >= 15 is 0 Å². The van der Waals surface area contributed by atoms with Crippen LogP contribution in [0.2, 0.25) is 0 Å². The van der Waals surface area contributed by atoms with E-state index in [1.807, 2.05) is 68.5 Å². The number of carboxylic acids is 1. The number of fused-ring (bicyclic) bond motifs is 2. The summed E-state index contributed by atoms with van der Waals surface area (Å²) in [5.41, 5.74) is 5.48. The average molecular weight is 722 g/mol. The summed E-state index contributed by atoms with van der Waals surface area (Å²) in [7, 11) is -8.50. The molecule has 0 aromatic heterocycles. The number of nitrogens with zero attached hydrogens (tertiary/aromatic N) is 2. The summed E-state index contributed by atoms with van der Waals surface area (Å²) in [5.74, 6) is -1.13. The van der Waals surface area contributed by atoms with Crippen LogP contribution in [-0.4, -0.2) is 59.6 Å². The number of aliphatic carboxylic acids is 1. The van der Waals surface area contributed by atoms with Crippen molar-refractivity contribution in [3.63, 3.8) is 0 Å². The number of carboxylic acid groups (broad SMARTS) is 1. The average Bonchev–Trinajstić information content (AvgIpc) is 3.42. The molecule has 2 aliphatic rings. The quantitative estimate of drug-likeness (QED) is 0.0820. The van der Waals surface area contributed by atoms with E-state index in [2.05, 4.69) is 34.6 Å². The Morgan fingerprint density at radius 1 is 0.840 bits per heavy atom. The number of hydrogen-bond donors (Lipinski definition) is 3. The molecule has 0 amide bonds. The zero-order valence-electron chi connectivity index (χ0n) is 28.6. The van der Waals surface area contributed by atoms with E-state index in [-0.39, 0.29) is 17.1 Å². The van der Waals surface area contributed by atoms with Crippen molar-refractivity contribution in [2.24, 2.45) is 0 Å². The highest BCUT2D eigenvalue weighted by Crippen LogP contribution is 2.53. The molecule has 0 saturated carbocycles. The van der Waals surface area contributed by atoms with Crippen molar-refractivity contribution in [2.45, 2.75) is 81.4 Å². The molecule has 3 N–H and O–H groups in total. The fourth-order valence-electron chi connectivity index (χ4n) is 7.30. The normalized spacial score (nSPS) is 19.4. The van der Waals surface area contributed by atoms with E-state index < -0.39 is 37.0 Å². The first-order valence-electron chi connectivity index (χ1n) is 16.8. The number of rotatable bonds is 15. The minimum atomic E-state index is -4.42. The van der Waals surface area contributed by atoms with Gasteiger partial charge in [0.1, 0.15) is 6.54 Å². The number of unbranched alkanes of at least 4 members (excludes halogenated alkanes) is 3. The lowest BCUT2D eigenvalue weighted by Crippen LogP contribution is -2.28. The van der Waals surface area contributed by atoms with Gasteiger partial charge in [0.2, 0.25) is 5.69 Å². The number of benzene rings is 3. The van der Waals surface area contributed by atoms with Crippen LogP contribution in [0.5, 0.6) is 0 Å². The van der Waals surface area contributed by atoms with E-state index in [4.69, 9.17) is 5.11 Å². The molecule has 2 heterocycles. The molecule has 0 radical (unpaired) electrons. The molecule has 5 rings (SSSR count).